The van der Waals surface area contributed by atoms with Gasteiger partial charge >= 0.3 is 0 Å². The van der Waals surface area contributed by atoms with Gasteiger partial charge < -0.3 is 15.1 Å². The van der Waals surface area contributed by atoms with Gasteiger partial charge in [0.15, 0.2) is 0 Å². The predicted molar refractivity (Wildman–Crippen MR) is 94.5 cm³/mol. The summed E-state index contributed by atoms with van der Waals surface area (Å²) in [6, 6.07) is 9.86. The van der Waals surface area contributed by atoms with Gasteiger partial charge in [-0.25, -0.2) is 4.68 Å². The minimum Gasteiger partial charge on any atom is -0.396 e. The number of aryl methyl sites for hydroxylation is 1. The standard InChI is InChI=1S/C19H25N3O3/c1-13-17(14(2)22(20-13)16-6-4-3-5-7-16)10-19(25)21-9-8-15(12-23)18(24)11-21/h3-7,15,18,23-24H,8-12H2,1-2H3/t15-,18+/m1/s1. The number of amides is 1. The molecule has 1 aliphatic rings. The molecule has 6 nitrogen and oxygen atoms in total. The highest BCUT2D eigenvalue weighted by Crippen LogP contribution is 2.21. The Hall–Kier alpha value is -2.18. The normalized spacial score (nSPS) is 20.7. The van der Waals surface area contributed by atoms with Crippen LogP contribution in [0.2, 0.25) is 0 Å². The van der Waals surface area contributed by atoms with Crippen LogP contribution >= 0.6 is 0 Å². The molecule has 0 saturated carbocycles. The molecule has 1 aromatic carbocycles. The number of β-amino-alcohol motifs (C(OH)–C–C–N with tert-alkyl or cyclic N) is 1. The highest BCUT2D eigenvalue weighted by molar-refractivity contribution is 5.79. The Kier molecular flexibility index (Phi) is 5.20. The van der Waals surface area contributed by atoms with Crippen molar-refractivity contribution in [3.05, 3.63) is 47.3 Å². The van der Waals surface area contributed by atoms with E-state index in [0.717, 1.165) is 22.6 Å². The van der Waals surface area contributed by atoms with E-state index in [4.69, 9.17) is 0 Å². The van der Waals surface area contributed by atoms with Gasteiger partial charge in [-0.2, -0.15) is 5.10 Å². The lowest BCUT2D eigenvalue weighted by molar-refractivity contribution is -0.135. The molecule has 2 N–H and O–H groups in total. The summed E-state index contributed by atoms with van der Waals surface area (Å²) in [6.45, 7) is 4.72. The molecule has 6 heteroatoms. The summed E-state index contributed by atoms with van der Waals surface area (Å²) >= 11 is 0. The Bertz CT molecular complexity index is 742. The largest absolute Gasteiger partial charge is 0.396 e. The second-order valence-electron chi connectivity index (χ2n) is 6.71. The first-order valence-corrected chi connectivity index (χ1v) is 8.68. The van der Waals surface area contributed by atoms with Crippen molar-refractivity contribution in [1.29, 1.82) is 0 Å². The van der Waals surface area contributed by atoms with Crippen LogP contribution in [0.15, 0.2) is 30.3 Å². The number of aliphatic hydroxyl groups excluding tert-OH is 2. The molecule has 0 unspecified atom stereocenters. The van der Waals surface area contributed by atoms with Crippen LogP contribution < -0.4 is 0 Å². The molecule has 134 valence electrons. The van der Waals surface area contributed by atoms with E-state index in [1.165, 1.54) is 0 Å². The van der Waals surface area contributed by atoms with Crippen molar-refractivity contribution < 1.29 is 15.0 Å². The van der Waals surface area contributed by atoms with Crippen LogP contribution in [0.5, 0.6) is 0 Å². The number of para-hydroxylation sites is 1. The Balaban J connectivity index is 1.75. The lowest BCUT2D eigenvalue weighted by Crippen LogP contribution is -2.48. The Morgan fingerprint density at radius 2 is 2.00 bits per heavy atom. The van der Waals surface area contributed by atoms with Gasteiger partial charge in [-0.1, -0.05) is 18.2 Å². The molecule has 0 radical (unpaired) electrons. The highest BCUT2D eigenvalue weighted by Gasteiger charge is 2.30. The zero-order chi connectivity index (χ0) is 18.0. The topological polar surface area (TPSA) is 78.6 Å². The third kappa shape index (κ3) is 3.60. The smallest absolute Gasteiger partial charge is 0.227 e. The zero-order valence-corrected chi connectivity index (χ0v) is 14.7. The molecule has 25 heavy (non-hydrogen) atoms. The molecular weight excluding hydrogens is 318 g/mol. The molecule has 0 aliphatic carbocycles. The van der Waals surface area contributed by atoms with E-state index < -0.39 is 6.10 Å². The quantitative estimate of drug-likeness (QED) is 0.875. The number of hydrogen-bond donors (Lipinski definition) is 2. The summed E-state index contributed by atoms with van der Waals surface area (Å²) in [5, 5.41) is 23.9. The number of carbonyl (C=O) groups excluding carboxylic acids is 1. The molecule has 1 aromatic heterocycles. The molecule has 2 atom stereocenters. The number of aliphatic hydroxyl groups is 2. The van der Waals surface area contributed by atoms with E-state index in [1.807, 2.05) is 48.9 Å². The zero-order valence-electron chi connectivity index (χ0n) is 14.7. The van der Waals surface area contributed by atoms with Crippen LogP contribution in [0.1, 0.15) is 23.4 Å². The van der Waals surface area contributed by atoms with Crippen molar-refractivity contribution in [3.63, 3.8) is 0 Å². The monoisotopic (exact) mass is 343 g/mol. The van der Waals surface area contributed by atoms with Crippen molar-refractivity contribution in [2.45, 2.75) is 32.8 Å². The van der Waals surface area contributed by atoms with E-state index in [1.54, 1.807) is 4.90 Å². The van der Waals surface area contributed by atoms with E-state index >= 15 is 0 Å². The first kappa shape index (κ1) is 17.6. The van der Waals surface area contributed by atoms with Crippen LogP contribution in [0.4, 0.5) is 0 Å². The van der Waals surface area contributed by atoms with Gasteiger partial charge in [-0.15, -0.1) is 0 Å². The molecule has 0 spiro atoms. The molecular formula is C19H25N3O3. The van der Waals surface area contributed by atoms with Gasteiger partial charge in [-0.3, -0.25) is 4.79 Å². The fraction of sp³-hybridized carbons (Fsp3) is 0.474. The Labute approximate surface area is 147 Å². The second-order valence-corrected chi connectivity index (χ2v) is 6.71. The van der Waals surface area contributed by atoms with Crippen LogP contribution in [-0.4, -0.2) is 56.6 Å². The molecule has 0 bridgehead atoms. The van der Waals surface area contributed by atoms with Gasteiger partial charge in [0.25, 0.3) is 0 Å². The minimum atomic E-state index is -0.656. The lowest BCUT2D eigenvalue weighted by atomic mass is 9.94. The van der Waals surface area contributed by atoms with Gasteiger partial charge in [-0.05, 0) is 32.4 Å². The fourth-order valence-corrected chi connectivity index (χ4v) is 3.43. The van der Waals surface area contributed by atoms with Gasteiger partial charge in [0, 0.05) is 36.9 Å². The van der Waals surface area contributed by atoms with Gasteiger partial charge in [0.1, 0.15) is 0 Å². The summed E-state index contributed by atoms with van der Waals surface area (Å²) in [6.07, 6.45) is 0.253. The Morgan fingerprint density at radius 1 is 1.28 bits per heavy atom. The SMILES string of the molecule is Cc1nn(-c2ccccc2)c(C)c1CC(=O)N1CC[C@H](CO)[C@@H](O)C1. The van der Waals surface area contributed by atoms with Gasteiger partial charge in [0.2, 0.25) is 5.91 Å². The lowest BCUT2D eigenvalue weighted by Gasteiger charge is -2.35. The average molecular weight is 343 g/mol. The third-order valence-corrected chi connectivity index (χ3v) is 5.08. The number of hydrogen-bond acceptors (Lipinski definition) is 4. The number of carbonyl (C=O) groups is 1. The molecule has 1 saturated heterocycles. The number of likely N-dealkylation sites (tertiary alicyclic amines) is 1. The molecule has 2 heterocycles. The average Bonchev–Trinajstić information content (AvgIpc) is 2.90. The maximum atomic E-state index is 12.7. The summed E-state index contributed by atoms with van der Waals surface area (Å²) in [7, 11) is 0. The number of benzene rings is 1. The summed E-state index contributed by atoms with van der Waals surface area (Å²) < 4.78 is 1.87. The Morgan fingerprint density at radius 3 is 2.64 bits per heavy atom. The van der Waals surface area contributed by atoms with E-state index in [0.29, 0.717) is 13.0 Å². The minimum absolute atomic E-state index is 0.00532. The molecule has 1 aliphatic heterocycles. The highest BCUT2D eigenvalue weighted by atomic mass is 16.3. The fourth-order valence-electron chi connectivity index (χ4n) is 3.43. The molecule has 1 amide bonds. The predicted octanol–water partition coefficient (Wildman–Crippen LogP) is 1.23. The van der Waals surface area contributed by atoms with Crippen molar-refractivity contribution in [2.75, 3.05) is 19.7 Å². The van der Waals surface area contributed by atoms with Crippen LogP contribution in [-0.2, 0) is 11.2 Å². The maximum absolute atomic E-state index is 12.7. The summed E-state index contributed by atoms with van der Waals surface area (Å²) in [5.41, 5.74) is 3.72. The van der Waals surface area contributed by atoms with Gasteiger partial charge in [0.05, 0.1) is 23.9 Å². The first-order valence-electron chi connectivity index (χ1n) is 8.68. The number of piperidine rings is 1. The van der Waals surface area contributed by atoms with E-state index in [9.17, 15) is 15.0 Å². The first-order chi connectivity index (χ1) is 12.0. The number of nitrogens with zero attached hydrogens (tertiary/aromatic N) is 3. The number of aromatic nitrogens is 2. The summed E-state index contributed by atoms with van der Waals surface area (Å²) in [4.78, 5) is 14.4. The van der Waals surface area contributed by atoms with Crippen molar-refractivity contribution >= 4 is 5.91 Å². The van der Waals surface area contributed by atoms with E-state index in [2.05, 4.69) is 5.10 Å². The summed E-state index contributed by atoms with van der Waals surface area (Å²) in [5.74, 6) is -0.136. The molecule has 2 aromatic rings. The van der Waals surface area contributed by atoms with Crippen molar-refractivity contribution in [1.82, 2.24) is 14.7 Å². The van der Waals surface area contributed by atoms with E-state index in [-0.39, 0.29) is 31.4 Å². The van der Waals surface area contributed by atoms with Crippen LogP contribution in [0.25, 0.3) is 5.69 Å². The molecule has 3 rings (SSSR count). The number of rotatable bonds is 4. The third-order valence-electron chi connectivity index (χ3n) is 5.08. The van der Waals surface area contributed by atoms with Crippen LogP contribution in [0.3, 0.4) is 0 Å². The second kappa shape index (κ2) is 7.37. The van der Waals surface area contributed by atoms with Crippen molar-refractivity contribution in [3.8, 4) is 5.69 Å². The van der Waals surface area contributed by atoms with Crippen molar-refractivity contribution in [2.24, 2.45) is 5.92 Å². The molecule has 1 fully saturated rings. The maximum Gasteiger partial charge on any atom is 0.227 e. The van der Waals surface area contributed by atoms with Crippen LogP contribution in [0, 0.1) is 19.8 Å².